The topological polar surface area (TPSA) is 77.8 Å². The molecule has 7 nitrogen and oxygen atoms in total. The zero-order valence-corrected chi connectivity index (χ0v) is 15.1. The Kier molecular flexibility index (Phi) is 4.09. The average molecular weight is 390 g/mol. The van der Waals surface area contributed by atoms with E-state index in [1.165, 1.54) is 18.3 Å². The van der Waals surface area contributed by atoms with Gasteiger partial charge in [0, 0.05) is 18.3 Å². The van der Waals surface area contributed by atoms with Gasteiger partial charge in [0.2, 0.25) is 6.79 Å². The first-order chi connectivity index (χ1) is 14.2. The summed E-state index contributed by atoms with van der Waals surface area (Å²) in [6, 6.07) is 13.4. The van der Waals surface area contributed by atoms with Crippen molar-refractivity contribution in [1.82, 2.24) is 19.9 Å². The minimum absolute atomic E-state index is 0.204. The van der Waals surface area contributed by atoms with E-state index in [1.807, 2.05) is 18.2 Å². The number of halogens is 1. The number of aromatic nitrogens is 3. The summed E-state index contributed by atoms with van der Waals surface area (Å²) in [6.07, 6.45) is 3.08. The zero-order chi connectivity index (χ0) is 19.8. The number of rotatable bonds is 4. The van der Waals surface area contributed by atoms with Crippen molar-refractivity contribution >= 4 is 11.6 Å². The van der Waals surface area contributed by atoms with Crippen LogP contribution in [0.2, 0.25) is 0 Å². The third-order valence-corrected chi connectivity index (χ3v) is 4.68. The number of fused-ring (bicyclic) bond motifs is 2. The van der Waals surface area contributed by atoms with E-state index in [0.29, 0.717) is 34.9 Å². The number of benzene rings is 2. The van der Waals surface area contributed by atoms with Crippen molar-refractivity contribution in [2.45, 2.75) is 6.54 Å². The van der Waals surface area contributed by atoms with E-state index < -0.39 is 0 Å². The fraction of sp³-hybridized carbons (Fsp3) is 0.0952. The second kappa shape index (κ2) is 6.90. The molecule has 0 saturated carbocycles. The van der Waals surface area contributed by atoms with Gasteiger partial charge in [0.25, 0.3) is 5.91 Å². The quantitative estimate of drug-likeness (QED) is 0.579. The molecule has 2 aromatic carbocycles. The van der Waals surface area contributed by atoms with Crippen LogP contribution in [0.25, 0.3) is 16.9 Å². The molecule has 0 spiro atoms. The van der Waals surface area contributed by atoms with Crippen LogP contribution < -0.4 is 14.8 Å². The molecular weight excluding hydrogens is 375 g/mol. The first-order valence-corrected chi connectivity index (χ1v) is 8.94. The van der Waals surface area contributed by atoms with Gasteiger partial charge in [-0.25, -0.2) is 13.9 Å². The Morgan fingerprint density at radius 3 is 2.79 bits per heavy atom. The van der Waals surface area contributed by atoms with Crippen LogP contribution in [0.3, 0.4) is 0 Å². The standard InChI is InChI=1S/C21H15FN4O3/c22-15-4-2-14(3-5-15)17-7-8-23-20-16(11-25-26(17)20)21(27)24-10-13-1-6-18-19(9-13)29-12-28-18/h1-9,11H,10,12H2,(H,24,27). The molecule has 144 valence electrons. The lowest BCUT2D eigenvalue weighted by molar-refractivity contribution is 0.0952. The predicted molar refractivity (Wildman–Crippen MR) is 102 cm³/mol. The Morgan fingerprint density at radius 1 is 1.10 bits per heavy atom. The Hall–Kier alpha value is -3.94. The summed E-state index contributed by atoms with van der Waals surface area (Å²) in [6.45, 7) is 0.528. The number of hydrogen-bond acceptors (Lipinski definition) is 5. The number of hydrogen-bond donors (Lipinski definition) is 1. The fourth-order valence-electron chi connectivity index (χ4n) is 3.22. The Morgan fingerprint density at radius 2 is 1.93 bits per heavy atom. The number of ether oxygens (including phenoxy) is 2. The molecule has 0 radical (unpaired) electrons. The molecule has 1 amide bonds. The summed E-state index contributed by atoms with van der Waals surface area (Å²) in [4.78, 5) is 17.0. The van der Waals surface area contributed by atoms with E-state index in [1.54, 1.807) is 28.9 Å². The molecule has 0 saturated heterocycles. The average Bonchev–Trinajstić information content (AvgIpc) is 3.39. The van der Waals surface area contributed by atoms with Crippen LogP contribution in [0.15, 0.2) is 60.9 Å². The smallest absolute Gasteiger partial charge is 0.257 e. The van der Waals surface area contributed by atoms with Gasteiger partial charge in [-0.2, -0.15) is 5.10 Å². The first kappa shape index (κ1) is 17.2. The third kappa shape index (κ3) is 3.14. The van der Waals surface area contributed by atoms with E-state index in [-0.39, 0.29) is 18.5 Å². The van der Waals surface area contributed by atoms with E-state index in [0.717, 1.165) is 11.1 Å². The van der Waals surface area contributed by atoms with Gasteiger partial charge in [0.15, 0.2) is 17.1 Å². The maximum absolute atomic E-state index is 13.2. The molecule has 0 aliphatic carbocycles. The number of nitrogens with one attached hydrogen (secondary N) is 1. The maximum atomic E-state index is 13.2. The van der Waals surface area contributed by atoms with Crippen molar-refractivity contribution in [1.29, 1.82) is 0 Å². The molecule has 29 heavy (non-hydrogen) atoms. The SMILES string of the molecule is O=C(NCc1ccc2c(c1)OCO2)c1cnn2c(-c3ccc(F)cc3)ccnc12. The summed E-state index contributed by atoms with van der Waals surface area (Å²) in [5.74, 6) is 0.753. The lowest BCUT2D eigenvalue weighted by atomic mass is 10.1. The molecule has 0 fully saturated rings. The highest BCUT2D eigenvalue weighted by molar-refractivity contribution is 5.99. The maximum Gasteiger partial charge on any atom is 0.257 e. The predicted octanol–water partition coefficient (Wildman–Crippen LogP) is 3.19. The molecular formula is C21H15FN4O3. The van der Waals surface area contributed by atoms with E-state index in [4.69, 9.17) is 9.47 Å². The Labute approximate surface area is 164 Å². The van der Waals surface area contributed by atoms with Gasteiger partial charge >= 0.3 is 0 Å². The van der Waals surface area contributed by atoms with Crippen molar-refractivity contribution in [3.63, 3.8) is 0 Å². The molecule has 0 atom stereocenters. The van der Waals surface area contributed by atoms with Crippen LogP contribution in [0, 0.1) is 5.82 Å². The zero-order valence-electron chi connectivity index (χ0n) is 15.1. The summed E-state index contributed by atoms with van der Waals surface area (Å²) in [7, 11) is 0. The van der Waals surface area contributed by atoms with Gasteiger partial charge in [0.05, 0.1) is 11.9 Å². The summed E-state index contributed by atoms with van der Waals surface area (Å²) >= 11 is 0. The van der Waals surface area contributed by atoms with Crippen molar-refractivity contribution < 1.29 is 18.7 Å². The van der Waals surface area contributed by atoms with Gasteiger partial charge in [-0.1, -0.05) is 6.07 Å². The molecule has 1 N–H and O–H groups in total. The molecule has 0 bridgehead atoms. The molecule has 4 aromatic rings. The Bertz CT molecular complexity index is 1220. The number of carbonyl (C=O) groups is 1. The molecule has 8 heteroatoms. The van der Waals surface area contributed by atoms with Crippen LogP contribution in [0.1, 0.15) is 15.9 Å². The molecule has 5 rings (SSSR count). The second-order valence-electron chi connectivity index (χ2n) is 6.50. The molecule has 3 heterocycles. The lowest BCUT2D eigenvalue weighted by Gasteiger charge is -2.07. The van der Waals surface area contributed by atoms with Crippen molar-refractivity contribution in [3.05, 3.63) is 77.9 Å². The summed E-state index contributed by atoms with van der Waals surface area (Å²) < 4.78 is 25.4. The number of amides is 1. The number of carbonyl (C=O) groups excluding carboxylic acids is 1. The number of nitrogens with zero attached hydrogens (tertiary/aromatic N) is 3. The van der Waals surface area contributed by atoms with Crippen molar-refractivity contribution in [3.8, 4) is 22.8 Å². The summed E-state index contributed by atoms with van der Waals surface area (Å²) in [5.41, 5.74) is 3.16. The highest BCUT2D eigenvalue weighted by Crippen LogP contribution is 2.32. The second-order valence-corrected chi connectivity index (χ2v) is 6.50. The van der Waals surface area contributed by atoms with Crippen molar-refractivity contribution in [2.75, 3.05) is 6.79 Å². The van der Waals surface area contributed by atoms with E-state index in [9.17, 15) is 9.18 Å². The normalized spacial score (nSPS) is 12.3. The van der Waals surface area contributed by atoms with Gasteiger partial charge in [-0.05, 0) is 48.0 Å². The molecule has 1 aliphatic heterocycles. The minimum Gasteiger partial charge on any atom is -0.454 e. The monoisotopic (exact) mass is 390 g/mol. The van der Waals surface area contributed by atoms with Crippen LogP contribution in [0.5, 0.6) is 11.5 Å². The van der Waals surface area contributed by atoms with Crippen LogP contribution in [-0.4, -0.2) is 27.3 Å². The largest absolute Gasteiger partial charge is 0.454 e. The summed E-state index contributed by atoms with van der Waals surface area (Å²) in [5, 5.41) is 7.18. The molecule has 0 unspecified atom stereocenters. The van der Waals surface area contributed by atoms with E-state index in [2.05, 4.69) is 15.4 Å². The van der Waals surface area contributed by atoms with Gasteiger partial charge in [0.1, 0.15) is 11.4 Å². The van der Waals surface area contributed by atoms with Crippen LogP contribution in [-0.2, 0) is 6.54 Å². The highest BCUT2D eigenvalue weighted by Gasteiger charge is 2.17. The minimum atomic E-state index is -0.317. The van der Waals surface area contributed by atoms with Crippen LogP contribution >= 0.6 is 0 Å². The van der Waals surface area contributed by atoms with Crippen molar-refractivity contribution in [2.24, 2.45) is 0 Å². The van der Waals surface area contributed by atoms with Gasteiger partial charge in [-0.15, -0.1) is 0 Å². The molecule has 2 aromatic heterocycles. The highest BCUT2D eigenvalue weighted by atomic mass is 19.1. The van der Waals surface area contributed by atoms with Crippen LogP contribution in [0.4, 0.5) is 4.39 Å². The van der Waals surface area contributed by atoms with E-state index >= 15 is 0 Å². The van der Waals surface area contributed by atoms with Gasteiger partial charge < -0.3 is 14.8 Å². The first-order valence-electron chi connectivity index (χ1n) is 8.94. The van der Waals surface area contributed by atoms with Gasteiger partial charge in [-0.3, -0.25) is 4.79 Å². The molecule has 1 aliphatic rings. The fourth-order valence-corrected chi connectivity index (χ4v) is 3.22. The lowest BCUT2D eigenvalue weighted by Crippen LogP contribution is -2.22. The Balaban J connectivity index is 1.39. The third-order valence-electron chi connectivity index (χ3n) is 4.68.